The van der Waals surface area contributed by atoms with Gasteiger partial charge in [-0.3, -0.25) is 0 Å². The quantitative estimate of drug-likeness (QED) is 0.758. The van der Waals surface area contributed by atoms with E-state index in [0.717, 1.165) is 12.0 Å². The molecular formula is C15H21ClN2O2. The summed E-state index contributed by atoms with van der Waals surface area (Å²) in [7, 11) is 0. The Hall–Kier alpha value is -1.52. The highest BCUT2D eigenvalue weighted by Crippen LogP contribution is 2.11. The molecule has 5 heteroatoms. The molecule has 0 heterocycles. The molecule has 4 nitrogen and oxygen atoms in total. The highest BCUT2D eigenvalue weighted by Gasteiger charge is 1.97. The number of ether oxygens (including phenoxy) is 1. The van der Waals surface area contributed by atoms with Gasteiger partial charge in [-0.25, -0.2) is 4.79 Å². The third-order valence-corrected chi connectivity index (χ3v) is 2.63. The van der Waals surface area contributed by atoms with Gasteiger partial charge in [-0.1, -0.05) is 23.7 Å². The maximum atomic E-state index is 11.5. The number of carbonyl (C=O) groups is 1. The van der Waals surface area contributed by atoms with Gasteiger partial charge in [0.15, 0.2) is 0 Å². The lowest BCUT2D eigenvalue weighted by Gasteiger charge is -2.07. The topological polar surface area (TPSA) is 50.4 Å². The van der Waals surface area contributed by atoms with E-state index in [0.29, 0.717) is 18.2 Å². The van der Waals surface area contributed by atoms with Gasteiger partial charge in [0.05, 0.1) is 6.10 Å². The van der Waals surface area contributed by atoms with Gasteiger partial charge in [-0.15, -0.1) is 0 Å². The van der Waals surface area contributed by atoms with Crippen molar-refractivity contribution in [1.29, 1.82) is 0 Å². The van der Waals surface area contributed by atoms with Crippen molar-refractivity contribution in [3.63, 3.8) is 0 Å². The van der Waals surface area contributed by atoms with Gasteiger partial charge in [0.25, 0.3) is 0 Å². The minimum Gasteiger partial charge on any atom is -0.379 e. The Morgan fingerprint density at radius 3 is 2.95 bits per heavy atom. The third kappa shape index (κ3) is 7.81. The molecule has 1 rings (SSSR count). The maximum Gasteiger partial charge on any atom is 0.318 e. The predicted molar refractivity (Wildman–Crippen MR) is 82.7 cm³/mol. The zero-order valence-electron chi connectivity index (χ0n) is 11.9. The van der Waals surface area contributed by atoms with E-state index in [-0.39, 0.29) is 12.1 Å². The molecule has 1 aromatic rings. The number of hydrogen-bond acceptors (Lipinski definition) is 2. The van der Waals surface area contributed by atoms with Crippen LogP contribution in [0.4, 0.5) is 4.79 Å². The molecule has 0 aliphatic carbocycles. The Bertz CT molecular complexity index is 447. The zero-order chi connectivity index (χ0) is 14.8. The highest BCUT2D eigenvalue weighted by atomic mass is 35.5. The molecule has 0 unspecified atom stereocenters. The van der Waals surface area contributed by atoms with Crippen molar-refractivity contribution in [3.05, 3.63) is 41.1 Å². The second-order valence-electron chi connectivity index (χ2n) is 4.56. The van der Waals surface area contributed by atoms with Crippen molar-refractivity contribution < 1.29 is 9.53 Å². The van der Waals surface area contributed by atoms with Crippen LogP contribution in [-0.4, -0.2) is 25.3 Å². The Labute approximate surface area is 125 Å². The first-order valence-electron chi connectivity index (χ1n) is 6.66. The minimum atomic E-state index is -0.229. The molecule has 110 valence electrons. The summed E-state index contributed by atoms with van der Waals surface area (Å²) in [6.07, 6.45) is 4.40. The lowest BCUT2D eigenvalue weighted by molar-refractivity contribution is 0.0774. The van der Waals surface area contributed by atoms with Crippen LogP contribution in [0, 0.1) is 0 Å². The van der Waals surface area contributed by atoms with Gasteiger partial charge >= 0.3 is 6.03 Å². The lowest BCUT2D eigenvalue weighted by Crippen LogP contribution is -2.33. The Balaban J connectivity index is 2.16. The first kappa shape index (κ1) is 16.5. The molecule has 20 heavy (non-hydrogen) atoms. The van der Waals surface area contributed by atoms with Gasteiger partial charge in [-0.2, -0.15) is 0 Å². The summed E-state index contributed by atoms with van der Waals surface area (Å²) in [4.78, 5) is 11.5. The number of rotatable bonds is 7. The van der Waals surface area contributed by atoms with E-state index in [2.05, 4.69) is 10.6 Å². The molecule has 0 aliphatic rings. The van der Waals surface area contributed by atoms with Crippen LogP contribution in [0.25, 0.3) is 6.08 Å². The largest absolute Gasteiger partial charge is 0.379 e. The molecule has 0 bridgehead atoms. The van der Waals surface area contributed by atoms with Crippen LogP contribution >= 0.6 is 11.6 Å². The first-order valence-corrected chi connectivity index (χ1v) is 7.04. The molecule has 2 N–H and O–H groups in total. The standard InChI is InChI=1S/C15H21ClN2O2/c1-12(2)20-10-4-8-17-15(19)18-9-7-13-5-3-6-14(16)11-13/h3,5-7,9,11-12H,4,8,10H2,1-2H3,(H2,17,18,19)/b9-7+. The van der Waals surface area contributed by atoms with Crippen molar-refractivity contribution >= 4 is 23.7 Å². The molecule has 0 atom stereocenters. The van der Waals surface area contributed by atoms with Gasteiger partial charge in [-0.05, 0) is 44.0 Å². The average Bonchev–Trinajstić information content (AvgIpc) is 2.38. The van der Waals surface area contributed by atoms with Crippen molar-refractivity contribution in [3.8, 4) is 0 Å². The Morgan fingerprint density at radius 2 is 2.25 bits per heavy atom. The van der Waals surface area contributed by atoms with Crippen molar-refractivity contribution in [2.45, 2.75) is 26.4 Å². The van der Waals surface area contributed by atoms with Crippen LogP contribution in [0.3, 0.4) is 0 Å². The monoisotopic (exact) mass is 296 g/mol. The van der Waals surface area contributed by atoms with E-state index in [1.54, 1.807) is 18.3 Å². The fourth-order valence-electron chi connectivity index (χ4n) is 1.47. The molecule has 0 radical (unpaired) electrons. The molecule has 0 saturated carbocycles. The summed E-state index contributed by atoms with van der Waals surface area (Å²) in [5.41, 5.74) is 0.933. The molecule has 2 amide bonds. The summed E-state index contributed by atoms with van der Waals surface area (Å²) in [5, 5.41) is 6.05. The number of carbonyl (C=O) groups excluding carboxylic acids is 1. The summed E-state index contributed by atoms with van der Waals surface area (Å²) in [5.74, 6) is 0. The lowest BCUT2D eigenvalue weighted by atomic mass is 10.2. The predicted octanol–water partition coefficient (Wildman–Crippen LogP) is 3.43. The molecule has 0 fully saturated rings. The van der Waals surface area contributed by atoms with E-state index in [1.165, 1.54) is 0 Å². The fourth-order valence-corrected chi connectivity index (χ4v) is 1.67. The molecule has 0 spiro atoms. The van der Waals surface area contributed by atoms with Crippen molar-refractivity contribution in [2.75, 3.05) is 13.2 Å². The maximum absolute atomic E-state index is 11.5. The summed E-state index contributed by atoms with van der Waals surface area (Å²) in [6, 6.07) is 7.16. The molecule has 0 saturated heterocycles. The van der Waals surface area contributed by atoms with Gasteiger partial charge < -0.3 is 15.4 Å². The fraction of sp³-hybridized carbons (Fsp3) is 0.400. The summed E-state index contributed by atoms with van der Waals surface area (Å²) >= 11 is 5.86. The van der Waals surface area contributed by atoms with Gasteiger partial charge in [0, 0.05) is 24.4 Å². The van der Waals surface area contributed by atoms with E-state index < -0.39 is 0 Å². The van der Waals surface area contributed by atoms with Crippen LogP contribution in [-0.2, 0) is 4.74 Å². The summed E-state index contributed by atoms with van der Waals surface area (Å²) in [6.45, 7) is 5.21. The average molecular weight is 297 g/mol. The van der Waals surface area contributed by atoms with Crippen LogP contribution in [0.1, 0.15) is 25.8 Å². The number of nitrogens with one attached hydrogen (secondary N) is 2. The van der Waals surface area contributed by atoms with Gasteiger partial charge in [0.1, 0.15) is 0 Å². The first-order chi connectivity index (χ1) is 9.58. The second kappa shape index (κ2) is 9.39. The van der Waals surface area contributed by atoms with Crippen molar-refractivity contribution in [2.24, 2.45) is 0 Å². The summed E-state index contributed by atoms with van der Waals surface area (Å²) < 4.78 is 5.38. The van der Waals surface area contributed by atoms with E-state index in [9.17, 15) is 4.79 Å². The second-order valence-corrected chi connectivity index (χ2v) is 5.00. The van der Waals surface area contributed by atoms with E-state index in [1.807, 2.05) is 32.0 Å². The molecular weight excluding hydrogens is 276 g/mol. The SMILES string of the molecule is CC(C)OCCCNC(=O)N/C=C/c1cccc(Cl)c1. The number of urea groups is 1. The number of halogens is 1. The minimum absolute atomic E-state index is 0.226. The molecule has 0 aromatic heterocycles. The van der Waals surface area contributed by atoms with Crippen LogP contribution < -0.4 is 10.6 Å². The molecule has 0 aliphatic heterocycles. The van der Waals surface area contributed by atoms with Crippen LogP contribution in [0.2, 0.25) is 5.02 Å². The third-order valence-electron chi connectivity index (χ3n) is 2.40. The van der Waals surface area contributed by atoms with Crippen LogP contribution in [0.15, 0.2) is 30.5 Å². The zero-order valence-corrected chi connectivity index (χ0v) is 12.6. The smallest absolute Gasteiger partial charge is 0.318 e. The van der Waals surface area contributed by atoms with Crippen LogP contribution in [0.5, 0.6) is 0 Å². The van der Waals surface area contributed by atoms with E-state index >= 15 is 0 Å². The van der Waals surface area contributed by atoms with E-state index in [4.69, 9.17) is 16.3 Å². The normalized spacial score (nSPS) is 11.0. The Kier molecular flexibility index (Phi) is 7.77. The van der Waals surface area contributed by atoms with Crippen molar-refractivity contribution in [1.82, 2.24) is 10.6 Å². The molecule has 1 aromatic carbocycles. The highest BCUT2D eigenvalue weighted by molar-refractivity contribution is 6.30. The van der Waals surface area contributed by atoms with Gasteiger partial charge in [0.2, 0.25) is 0 Å². The number of hydrogen-bond donors (Lipinski definition) is 2. The number of amides is 2. The number of benzene rings is 1. The Morgan fingerprint density at radius 1 is 1.45 bits per heavy atom.